The molecular weight excluding hydrogens is 294 g/mol. The first-order valence-corrected chi connectivity index (χ1v) is 4.38. The van der Waals surface area contributed by atoms with Crippen molar-refractivity contribution in [3.8, 4) is 11.8 Å². The zero-order valence-corrected chi connectivity index (χ0v) is 14.4. The Morgan fingerprint density at radius 3 is 1.35 bits per heavy atom. The van der Waals surface area contributed by atoms with Crippen LogP contribution in [0.4, 0.5) is 11.4 Å². The van der Waals surface area contributed by atoms with E-state index in [0.29, 0.717) is 0 Å². The fourth-order valence-electron chi connectivity index (χ4n) is 1.34. The standard InChI is InChI=1S/C8H4N4O6.2Na/c13-7-8(14)10-4-2-6(12(17)18)5(11(15)16)1-3(4)9-7;;/h1-2H,(H,9,13)(H,10,14);;/q;2*+1/p-2. The average Bonchev–Trinajstić information content (AvgIpc) is 2.28. The second kappa shape index (κ2) is 7.11. The summed E-state index contributed by atoms with van der Waals surface area (Å²) in [6, 6.07) is 1.47. The van der Waals surface area contributed by atoms with Crippen LogP contribution in [0.2, 0.25) is 0 Å². The minimum Gasteiger partial charge on any atom is -0.858 e. The van der Waals surface area contributed by atoms with E-state index >= 15 is 0 Å². The summed E-state index contributed by atoms with van der Waals surface area (Å²) in [6.07, 6.45) is 0. The quantitative estimate of drug-likeness (QED) is 0.300. The number of hydrogen-bond acceptors (Lipinski definition) is 8. The third-order valence-electron chi connectivity index (χ3n) is 2.09. The molecule has 1 aromatic carbocycles. The SMILES string of the molecule is O=[N+]([O-])c1cc2nc([O-])c([O-])nc2cc1[N+](=O)[O-].[Na+].[Na+]. The van der Waals surface area contributed by atoms with Crippen LogP contribution in [-0.2, 0) is 0 Å². The van der Waals surface area contributed by atoms with Gasteiger partial charge in [-0.1, -0.05) is 0 Å². The average molecular weight is 296 g/mol. The third kappa shape index (κ3) is 3.53. The molecule has 0 amide bonds. The summed E-state index contributed by atoms with van der Waals surface area (Å²) >= 11 is 0. The van der Waals surface area contributed by atoms with Gasteiger partial charge in [0, 0.05) is 0 Å². The van der Waals surface area contributed by atoms with E-state index in [1.54, 1.807) is 0 Å². The monoisotopic (exact) mass is 296 g/mol. The molecule has 0 spiro atoms. The summed E-state index contributed by atoms with van der Waals surface area (Å²) in [5.74, 6) is -2.35. The third-order valence-corrected chi connectivity index (χ3v) is 2.09. The van der Waals surface area contributed by atoms with Crippen molar-refractivity contribution in [1.29, 1.82) is 0 Å². The van der Waals surface area contributed by atoms with E-state index in [9.17, 15) is 30.4 Å². The van der Waals surface area contributed by atoms with Gasteiger partial charge in [0.15, 0.2) is 0 Å². The molecule has 0 aliphatic rings. The van der Waals surface area contributed by atoms with Crippen LogP contribution >= 0.6 is 0 Å². The molecule has 2 rings (SSSR count). The zero-order chi connectivity index (χ0) is 13.4. The molecular formula is C8H2N4Na2O6. The molecule has 92 valence electrons. The summed E-state index contributed by atoms with van der Waals surface area (Å²) < 4.78 is 0. The first-order chi connectivity index (χ1) is 8.40. The normalized spacial score (nSPS) is 9.40. The molecule has 0 aliphatic carbocycles. The van der Waals surface area contributed by atoms with Crippen molar-refractivity contribution >= 4 is 22.4 Å². The van der Waals surface area contributed by atoms with Crippen molar-refractivity contribution in [3.63, 3.8) is 0 Å². The number of fused-ring (bicyclic) bond motifs is 1. The molecule has 0 saturated heterocycles. The zero-order valence-electron chi connectivity index (χ0n) is 10.4. The largest absolute Gasteiger partial charge is 1.00 e. The van der Waals surface area contributed by atoms with E-state index in [0.717, 1.165) is 12.1 Å². The number of nitro groups is 2. The van der Waals surface area contributed by atoms with Crippen molar-refractivity contribution in [2.75, 3.05) is 0 Å². The van der Waals surface area contributed by atoms with Crippen molar-refractivity contribution in [1.82, 2.24) is 9.97 Å². The van der Waals surface area contributed by atoms with Gasteiger partial charge < -0.3 is 10.2 Å². The summed E-state index contributed by atoms with van der Waals surface area (Å²) in [7, 11) is 0. The summed E-state index contributed by atoms with van der Waals surface area (Å²) in [5, 5.41) is 43.2. The minimum atomic E-state index is -1.18. The second-order valence-electron chi connectivity index (χ2n) is 3.18. The maximum Gasteiger partial charge on any atom is 1.00 e. The van der Waals surface area contributed by atoms with Crippen LogP contribution in [0, 0.1) is 20.2 Å². The van der Waals surface area contributed by atoms with Crippen LogP contribution in [-0.4, -0.2) is 19.8 Å². The summed E-state index contributed by atoms with van der Waals surface area (Å²) in [5.41, 5.74) is -2.12. The van der Waals surface area contributed by atoms with Crippen molar-refractivity contribution < 1.29 is 79.2 Å². The van der Waals surface area contributed by atoms with E-state index in [2.05, 4.69) is 9.97 Å². The molecule has 0 saturated carbocycles. The van der Waals surface area contributed by atoms with E-state index in [-0.39, 0.29) is 70.1 Å². The molecule has 10 nitrogen and oxygen atoms in total. The Balaban J connectivity index is 0.00000180. The number of rotatable bonds is 2. The number of nitrogens with zero attached hydrogens (tertiary/aromatic N) is 4. The molecule has 20 heavy (non-hydrogen) atoms. The smallest absolute Gasteiger partial charge is 0.858 e. The van der Waals surface area contributed by atoms with E-state index in [1.807, 2.05) is 0 Å². The number of nitro benzene ring substituents is 2. The molecule has 1 heterocycles. The number of hydrogen-bond donors (Lipinski definition) is 0. The van der Waals surface area contributed by atoms with Gasteiger partial charge in [-0.05, 0) is 11.8 Å². The van der Waals surface area contributed by atoms with Gasteiger partial charge in [0.05, 0.1) is 33.0 Å². The topological polar surface area (TPSA) is 158 Å². The fourth-order valence-corrected chi connectivity index (χ4v) is 1.34. The maximum atomic E-state index is 10.9. The van der Waals surface area contributed by atoms with Crippen molar-refractivity contribution in [3.05, 3.63) is 32.4 Å². The Bertz CT molecular complexity index is 636. The van der Waals surface area contributed by atoms with Crippen LogP contribution in [0.1, 0.15) is 0 Å². The summed E-state index contributed by atoms with van der Waals surface area (Å²) in [4.78, 5) is 25.8. The molecule has 2 aromatic rings. The number of aromatic nitrogens is 2. The Kier molecular flexibility index (Phi) is 6.74. The van der Waals surface area contributed by atoms with Crippen LogP contribution in [0.15, 0.2) is 12.1 Å². The molecule has 0 fully saturated rings. The summed E-state index contributed by atoms with van der Waals surface area (Å²) in [6.45, 7) is 0. The molecule has 0 aliphatic heterocycles. The van der Waals surface area contributed by atoms with Gasteiger partial charge in [-0.15, -0.1) is 0 Å². The first kappa shape index (κ1) is 19.0. The van der Waals surface area contributed by atoms with Crippen LogP contribution < -0.4 is 69.3 Å². The predicted molar refractivity (Wildman–Crippen MR) is 51.7 cm³/mol. The van der Waals surface area contributed by atoms with Crippen molar-refractivity contribution in [2.24, 2.45) is 0 Å². The second-order valence-corrected chi connectivity index (χ2v) is 3.18. The maximum absolute atomic E-state index is 10.9. The molecule has 0 atom stereocenters. The van der Waals surface area contributed by atoms with Gasteiger partial charge in [0.25, 0.3) is 0 Å². The Morgan fingerprint density at radius 2 is 1.10 bits per heavy atom. The predicted octanol–water partition coefficient (Wildman–Crippen LogP) is -6.40. The minimum absolute atomic E-state index is 0. The van der Waals surface area contributed by atoms with Crippen LogP contribution in [0.25, 0.3) is 11.0 Å². The van der Waals surface area contributed by atoms with Gasteiger partial charge in [-0.2, -0.15) is 0 Å². The molecule has 0 unspecified atom stereocenters. The Labute approximate surface area is 154 Å². The van der Waals surface area contributed by atoms with Crippen LogP contribution in [0.5, 0.6) is 11.8 Å². The van der Waals surface area contributed by atoms with E-state index in [4.69, 9.17) is 0 Å². The van der Waals surface area contributed by atoms with Crippen molar-refractivity contribution in [2.45, 2.75) is 0 Å². The molecule has 0 N–H and O–H groups in total. The molecule has 12 heteroatoms. The van der Waals surface area contributed by atoms with E-state index in [1.165, 1.54) is 0 Å². The number of benzene rings is 1. The molecule has 0 bridgehead atoms. The Hall–Kier alpha value is -1.04. The first-order valence-electron chi connectivity index (χ1n) is 4.38. The van der Waals surface area contributed by atoms with Gasteiger partial charge in [0.2, 0.25) is 0 Å². The van der Waals surface area contributed by atoms with Gasteiger partial charge in [0.1, 0.15) is 0 Å². The van der Waals surface area contributed by atoms with Crippen LogP contribution in [0.3, 0.4) is 0 Å². The van der Waals surface area contributed by atoms with E-state index < -0.39 is 33.0 Å². The molecule has 1 aromatic heterocycles. The van der Waals surface area contributed by atoms with Gasteiger partial charge in [-0.3, -0.25) is 30.2 Å². The van der Waals surface area contributed by atoms with Gasteiger partial charge in [-0.25, -0.2) is 0 Å². The van der Waals surface area contributed by atoms with Gasteiger partial charge >= 0.3 is 70.5 Å². The molecule has 0 radical (unpaired) electrons. The Morgan fingerprint density at radius 1 is 0.800 bits per heavy atom. The fraction of sp³-hybridized carbons (Fsp3) is 0.